The van der Waals surface area contributed by atoms with Crippen LogP contribution in [0.5, 0.6) is 5.75 Å². The highest BCUT2D eigenvalue weighted by Crippen LogP contribution is 2.15. The lowest BCUT2D eigenvalue weighted by Crippen LogP contribution is -2.35. The smallest absolute Gasteiger partial charge is 0.319 e. The molecule has 4 N–H and O–H groups in total. The van der Waals surface area contributed by atoms with Crippen molar-refractivity contribution < 1.29 is 14.6 Å². The minimum Gasteiger partial charge on any atom is -0.491 e. The van der Waals surface area contributed by atoms with Gasteiger partial charge in [0.1, 0.15) is 18.5 Å². The second-order valence-electron chi connectivity index (χ2n) is 5.43. The van der Waals surface area contributed by atoms with Crippen molar-refractivity contribution in [1.82, 2.24) is 10.6 Å². The molecule has 1 atom stereocenters. The van der Waals surface area contributed by atoms with Gasteiger partial charge >= 0.3 is 6.03 Å². The average molecular weight is 309 g/mol. The minimum absolute atomic E-state index is 0.217. The molecule has 124 valence electrons. The third-order valence-electron chi connectivity index (χ3n) is 2.85. The number of carbonyl (C=O) groups excluding carboxylic acids is 1. The Bertz CT molecular complexity index is 435. The molecule has 0 saturated carbocycles. The van der Waals surface area contributed by atoms with Gasteiger partial charge in [0.15, 0.2) is 0 Å². The number of benzene rings is 1. The second-order valence-corrected chi connectivity index (χ2v) is 5.43. The van der Waals surface area contributed by atoms with Gasteiger partial charge in [0, 0.05) is 24.8 Å². The maximum atomic E-state index is 11.5. The Kier molecular flexibility index (Phi) is 8.32. The largest absolute Gasteiger partial charge is 0.491 e. The maximum absolute atomic E-state index is 11.5. The van der Waals surface area contributed by atoms with Gasteiger partial charge in [-0.2, -0.15) is 0 Å². The molecule has 0 unspecified atom stereocenters. The predicted octanol–water partition coefficient (Wildman–Crippen LogP) is 1.96. The summed E-state index contributed by atoms with van der Waals surface area (Å²) in [5.41, 5.74) is 0.697. The lowest BCUT2D eigenvalue weighted by molar-refractivity contribution is 0.104. The molecule has 0 fully saturated rings. The summed E-state index contributed by atoms with van der Waals surface area (Å²) in [6.45, 7) is 7.41. The third kappa shape index (κ3) is 7.85. The van der Waals surface area contributed by atoms with E-state index in [1.807, 2.05) is 20.8 Å². The van der Waals surface area contributed by atoms with Gasteiger partial charge in [0.2, 0.25) is 0 Å². The summed E-state index contributed by atoms with van der Waals surface area (Å²) in [6.07, 6.45) is 0.341. The van der Waals surface area contributed by atoms with E-state index in [9.17, 15) is 9.90 Å². The molecule has 0 aliphatic rings. The van der Waals surface area contributed by atoms with Gasteiger partial charge in [-0.05, 0) is 30.7 Å². The van der Waals surface area contributed by atoms with E-state index < -0.39 is 6.10 Å². The average Bonchev–Trinajstić information content (AvgIpc) is 2.50. The molecule has 1 aromatic rings. The van der Waals surface area contributed by atoms with Crippen molar-refractivity contribution in [3.63, 3.8) is 0 Å². The van der Waals surface area contributed by atoms with E-state index in [1.165, 1.54) is 0 Å². The van der Waals surface area contributed by atoms with Crippen LogP contribution >= 0.6 is 0 Å². The number of urea groups is 1. The highest BCUT2D eigenvalue weighted by Gasteiger charge is 2.06. The summed E-state index contributed by atoms with van der Waals surface area (Å²) >= 11 is 0. The normalized spacial score (nSPS) is 12.0. The molecule has 2 amide bonds. The Morgan fingerprint density at radius 2 is 1.95 bits per heavy atom. The molecule has 22 heavy (non-hydrogen) atoms. The number of hydrogen-bond donors (Lipinski definition) is 4. The Hall–Kier alpha value is -1.79. The summed E-state index contributed by atoms with van der Waals surface area (Å²) in [7, 11) is 0. The number of rotatable bonds is 9. The molecule has 0 saturated heterocycles. The van der Waals surface area contributed by atoms with Crippen LogP contribution in [-0.2, 0) is 0 Å². The molecule has 1 aromatic carbocycles. The fourth-order valence-electron chi connectivity index (χ4n) is 1.67. The molecular formula is C16H27N3O3. The molecule has 0 bridgehead atoms. The lowest BCUT2D eigenvalue weighted by Gasteiger charge is -2.15. The topological polar surface area (TPSA) is 82.6 Å². The van der Waals surface area contributed by atoms with Crippen LogP contribution in [0.2, 0.25) is 0 Å². The summed E-state index contributed by atoms with van der Waals surface area (Å²) in [5.74, 6) is 0.656. The van der Waals surface area contributed by atoms with Crippen LogP contribution in [-0.4, -0.2) is 43.0 Å². The van der Waals surface area contributed by atoms with Gasteiger partial charge in [0.05, 0.1) is 0 Å². The van der Waals surface area contributed by atoms with E-state index in [0.29, 0.717) is 30.6 Å². The molecule has 0 aliphatic carbocycles. The van der Waals surface area contributed by atoms with E-state index >= 15 is 0 Å². The maximum Gasteiger partial charge on any atom is 0.319 e. The van der Waals surface area contributed by atoms with Crippen LogP contribution in [0.1, 0.15) is 27.2 Å². The summed E-state index contributed by atoms with van der Waals surface area (Å²) in [4.78, 5) is 11.5. The van der Waals surface area contributed by atoms with Crippen molar-refractivity contribution >= 4 is 11.7 Å². The lowest BCUT2D eigenvalue weighted by atomic mass is 10.3. The highest BCUT2D eigenvalue weighted by molar-refractivity contribution is 5.89. The van der Waals surface area contributed by atoms with Crippen molar-refractivity contribution in [1.29, 1.82) is 0 Å². The van der Waals surface area contributed by atoms with Crippen LogP contribution < -0.4 is 20.7 Å². The van der Waals surface area contributed by atoms with Crippen LogP contribution in [0.4, 0.5) is 10.5 Å². The number of anilines is 1. The zero-order chi connectivity index (χ0) is 16.4. The number of aliphatic hydroxyl groups is 1. The fraction of sp³-hybridized carbons (Fsp3) is 0.562. The van der Waals surface area contributed by atoms with E-state index in [4.69, 9.17) is 4.74 Å². The SMILES string of the molecule is CCCNC(=O)Nc1ccc(OC[C@H](O)CNC(C)C)cc1. The first-order valence-corrected chi connectivity index (χ1v) is 7.70. The Balaban J connectivity index is 2.33. The molecule has 0 aliphatic heterocycles. The quantitative estimate of drug-likeness (QED) is 0.562. The summed E-state index contributed by atoms with van der Waals surface area (Å²) in [6, 6.07) is 7.17. The van der Waals surface area contributed by atoms with Crippen LogP contribution in [0.25, 0.3) is 0 Å². The number of carbonyl (C=O) groups is 1. The van der Waals surface area contributed by atoms with Gasteiger partial charge in [-0.15, -0.1) is 0 Å². The van der Waals surface area contributed by atoms with Crippen LogP contribution in [0, 0.1) is 0 Å². The molecule has 6 nitrogen and oxygen atoms in total. The molecule has 1 rings (SSSR count). The summed E-state index contributed by atoms with van der Waals surface area (Å²) < 4.78 is 5.51. The summed E-state index contributed by atoms with van der Waals surface area (Å²) in [5, 5.41) is 18.4. The van der Waals surface area contributed by atoms with Crippen molar-refractivity contribution in [2.24, 2.45) is 0 Å². The second kappa shape index (κ2) is 10.0. The molecule has 0 heterocycles. The number of amides is 2. The third-order valence-corrected chi connectivity index (χ3v) is 2.85. The molecule has 0 aromatic heterocycles. The first-order chi connectivity index (χ1) is 10.5. The zero-order valence-electron chi connectivity index (χ0n) is 13.6. The minimum atomic E-state index is -0.556. The predicted molar refractivity (Wildman–Crippen MR) is 88.4 cm³/mol. The van der Waals surface area contributed by atoms with Crippen molar-refractivity contribution in [3.8, 4) is 5.75 Å². The Morgan fingerprint density at radius 3 is 2.55 bits per heavy atom. The van der Waals surface area contributed by atoms with E-state index in [2.05, 4.69) is 16.0 Å². The number of nitrogens with one attached hydrogen (secondary N) is 3. The van der Waals surface area contributed by atoms with Crippen LogP contribution in [0.3, 0.4) is 0 Å². The monoisotopic (exact) mass is 309 g/mol. The molecule has 6 heteroatoms. The van der Waals surface area contributed by atoms with Gasteiger partial charge in [-0.25, -0.2) is 4.79 Å². The van der Waals surface area contributed by atoms with Gasteiger partial charge in [0.25, 0.3) is 0 Å². The standard InChI is InChI=1S/C16H27N3O3/c1-4-9-17-16(21)19-13-5-7-15(8-6-13)22-11-14(20)10-18-12(2)3/h5-8,12,14,18,20H,4,9-11H2,1-3H3,(H2,17,19,21)/t14-/m1/s1. The van der Waals surface area contributed by atoms with E-state index in [-0.39, 0.29) is 12.6 Å². The first kappa shape index (κ1) is 18.3. The zero-order valence-corrected chi connectivity index (χ0v) is 13.6. The van der Waals surface area contributed by atoms with Gasteiger partial charge in [-0.3, -0.25) is 0 Å². The first-order valence-electron chi connectivity index (χ1n) is 7.70. The van der Waals surface area contributed by atoms with Crippen molar-refractivity contribution in [3.05, 3.63) is 24.3 Å². The van der Waals surface area contributed by atoms with Gasteiger partial charge in [-0.1, -0.05) is 20.8 Å². The van der Waals surface area contributed by atoms with Crippen molar-refractivity contribution in [2.45, 2.75) is 39.3 Å². The fourth-order valence-corrected chi connectivity index (χ4v) is 1.67. The van der Waals surface area contributed by atoms with E-state index in [0.717, 1.165) is 6.42 Å². The number of hydrogen-bond acceptors (Lipinski definition) is 4. The van der Waals surface area contributed by atoms with E-state index in [1.54, 1.807) is 24.3 Å². The van der Waals surface area contributed by atoms with Crippen molar-refractivity contribution in [2.75, 3.05) is 25.0 Å². The van der Waals surface area contributed by atoms with Crippen LogP contribution in [0.15, 0.2) is 24.3 Å². The van der Waals surface area contributed by atoms with Gasteiger partial charge < -0.3 is 25.8 Å². The Morgan fingerprint density at radius 1 is 1.27 bits per heavy atom. The molecular weight excluding hydrogens is 282 g/mol. The number of ether oxygens (including phenoxy) is 1. The molecule has 0 radical (unpaired) electrons. The highest BCUT2D eigenvalue weighted by atomic mass is 16.5. The Labute approximate surface area is 132 Å². The number of aliphatic hydroxyl groups excluding tert-OH is 1. The molecule has 0 spiro atoms.